The van der Waals surface area contributed by atoms with Gasteiger partial charge in [-0.25, -0.2) is 22.0 Å². The van der Waals surface area contributed by atoms with E-state index in [9.17, 15) is 21.6 Å². The number of aryl methyl sites for hydroxylation is 1. The second-order valence-electron chi connectivity index (χ2n) is 6.10. The smallest absolute Gasteiger partial charge is 0.255 e. The number of anilines is 1. The molecule has 0 aliphatic carbocycles. The summed E-state index contributed by atoms with van der Waals surface area (Å²) in [5.74, 6) is -0.583. The zero-order valence-electron chi connectivity index (χ0n) is 15.8. The largest absolute Gasteiger partial charge is 0.322 e. The lowest BCUT2D eigenvalue weighted by atomic mass is 10.2. The first kappa shape index (κ1) is 22.0. The van der Waals surface area contributed by atoms with Gasteiger partial charge in [-0.2, -0.15) is 4.31 Å². The summed E-state index contributed by atoms with van der Waals surface area (Å²) in [6, 6.07) is 9.86. The molecule has 0 saturated carbocycles. The maximum atomic E-state index is 12.8. The average molecular weight is 426 g/mol. The van der Waals surface area contributed by atoms with Crippen LogP contribution in [-0.4, -0.2) is 40.1 Å². The third-order valence-corrected chi connectivity index (χ3v) is 7.30. The van der Waals surface area contributed by atoms with E-state index >= 15 is 0 Å². The summed E-state index contributed by atoms with van der Waals surface area (Å²) < 4.78 is 49.9. The monoisotopic (exact) mass is 425 g/mol. The van der Waals surface area contributed by atoms with Gasteiger partial charge in [0.2, 0.25) is 20.0 Å². The van der Waals surface area contributed by atoms with Crippen LogP contribution in [0.1, 0.15) is 29.8 Å². The van der Waals surface area contributed by atoms with E-state index < -0.39 is 26.0 Å². The van der Waals surface area contributed by atoms with Gasteiger partial charge >= 0.3 is 0 Å². The number of sulfonamides is 2. The van der Waals surface area contributed by atoms with E-state index in [1.807, 2.05) is 0 Å². The first-order valence-corrected chi connectivity index (χ1v) is 11.5. The minimum atomic E-state index is -3.94. The van der Waals surface area contributed by atoms with Crippen LogP contribution in [0.3, 0.4) is 0 Å². The van der Waals surface area contributed by atoms with Gasteiger partial charge in [-0.05, 0) is 42.8 Å². The molecule has 0 aromatic heterocycles. The summed E-state index contributed by atoms with van der Waals surface area (Å²) in [6.45, 7) is 5.84. The van der Waals surface area contributed by atoms with Gasteiger partial charge in [0.15, 0.2) is 0 Å². The van der Waals surface area contributed by atoms with Crippen LogP contribution in [0.4, 0.5) is 5.69 Å². The van der Waals surface area contributed by atoms with Crippen LogP contribution >= 0.6 is 0 Å². The van der Waals surface area contributed by atoms with Crippen molar-refractivity contribution in [2.75, 3.05) is 18.4 Å². The van der Waals surface area contributed by atoms with Crippen LogP contribution in [0.5, 0.6) is 0 Å². The van der Waals surface area contributed by atoms with Gasteiger partial charge in [0.1, 0.15) is 0 Å². The zero-order valence-corrected chi connectivity index (χ0v) is 17.5. The summed E-state index contributed by atoms with van der Waals surface area (Å²) in [6.07, 6.45) is 0. The molecule has 0 bridgehead atoms. The Bertz CT molecular complexity index is 1090. The molecule has 0 radical (unpaired) electrons. The highest BCUT2D eigenvalue weighted by molar-refractivity contribution is 7.89. The van der Waals surface area contributed by atoms with Crippen LogP contribution in [0, 0.1) is 6.92 Å². The van der Waals surface area contributed by atoms with Crippen molar-refractivity contribution in [1.29, 1.82) is 0 Å². The Morgan fingerprint density at radius 2 is 1.68 bits per heavy atom. The molecule has 2 rings (SSSR count). The van der Waals surface area contributed by atoms with Crippen molar-refractivity contribution in [1.82, 2.24) is 4.31 Å². The Morgan fingerprint density at radius 3 is 2.25 bits per heavy atom. The molecule has 0 heterocycles. The van der Waals surface area contributed by atoms with E-state index in [1.165, 1.54) is 28.6 Å². The fourth-order valence-corrected chi connectivity index (χ4v) is 4.94. The number of rotatable bonds is 7. The lowest BCUT2D eigenvalue weighted by molar-refractivity contribution is 0.102. The predicted octanol–water partition coefficient (Wildman–Crippen LogP) is 1.93. The first-order chi connectivity index (χ1) is 13.0. The number of benzene rings is 2. The molecule has 0 fully saturated rings. The molecule has 0 aliphatic heterocycles. The minimum absolute atomic E-state index is 0.0836. The van der Waals surface area contributed by atoms with E-state index in [4.69, 9.17) is 5.14 Å². The lowest BCUT2D eigenvalue weighted by Crippen LogP contribution is -2.31. The number of amides is 1. The number of carbonyl (C=O) groups is 1. The third-order valence-electron chi connectivity index (χ3n) is 4.19. The van der Waals surface area contributed by atoms with Gasteiger partial charge in [-0.15, -0.1) is 0 Å². The van der Waals surface area contributed by atoms with Crippen LogP contribution in [-0.2, 0) is 20.0 Å². The Kier molecular flexibility index (Phi) is 6.60. The van der Waals surface area contributed by atoms with Gasteiger partial charge in [0.25, 0.3) is 5.91 Å². The van der Waals surface area contributed by atoms with Crippen molar-refractivity contribution in [3.63, 3.8) is 0 Å². The SMILES string of the molecule is CCN(CC)S(=O)(=O)c1cc(NC(=O)c2cccc(S(N)(=O)=O)c2)ccc1C. The molecule has 3 N–H and O–H groups in total. The van der Waals surface area contributed by atoms with Crippen LogP contribution in [0.25, 0.3) is 0 Å². The normalized spacial score (nSPS) is 12.2. The molecule has 0 saturated heterocycles. The van der Waals surface area contributed by atoms with E-state index in [0.29, 0.717) is 18.7 Å². The van der Waals surface area contributed by atoms with Gasteiger partial charge < -0.3 is 5.32 Å². The van der Waals surface area contributed by atoms with Gasteiger partial charge in [-0.1, -0.05) is 26.0 Å². The zero-order chi connectivity index (χ0) is 21.1. The van der Waals surface area contributed by atoms with Gasteiger partial charge in [0.05, 0.1) is 9.79 Å². The molecular weight excluding hydrogens is 402 g/mol. The molecule has 0 unspecified atom stereocenters. The van der Waals surface area contributed by atoms with Crippen LogP contribution in [0.15, 0.2) is 52.3 Å². The Hall–Kier alpha value is -2.27. The molecule has 10 heteroatoms. The molecule has 8 nitrogen and oxygen atoms in total. The predicted molar refractivity (Wildman–Crippen MR) is 107 cm³/mol. The molecule has 0 aliphatic rings. The Labute approximate surface area is 165 Å². The number of primary sulfonamides is 1. The average Bonchev–Trinajstić information content (AvgIpc) is 2.63. The lowest BCUT2D eigenvalue weighted by Gasteiger charge is -2.20. The maximum absolute atomic E-state index is 12.8. The quantitative estimate of drug-likeness (QED) is 0.701. The second-order valence-corrected chi connectivity index (χ2v) is 9.56. The summed E-state index contributed by atoms with van der Waals surface area (Å²) in [5.41, 5.74) is 0.920. The van der Waals surface area contributed by atoms with Crippen molar-refractivity contribution in [2.24, 2.45) is 5.14 Å². The van der Waals surface area contributed by atoms with Gasteiger partial charge in [-0.3, -0.25) is 4.79 Å². The number of nitrogens with two attached hydrogens (primary N) is 1. The number of carbonyl (C=O) groups excluding carboxylic acids is 1. The van der Waals surface area contributed by atoms with Crippen molar-refractivity contribution >= 4 is 31.6 Å². The number of nitrogens with one attached hydrogen (secondary N) is 1. The second kappa shape index (κ2) is 8.39. The molecule has 2 aromatic carbocycles. The number of nitrogens with zero attached hydrogens (tertiary/aromatic N) is 1. The highest BCUT2D eigenvalue weighted by atomic mass is 32.2. The Balaban J connectivity index is 2.37. The van der Waals surface area contributed by atoms with Crippen LogP contribution < -0.4 is 10.5 Å². The fraction of sp³-hybridized carbons (Fsp3) is 0.278. The highest BCUT2D eigenvalue weighted by Gasteiger charge is 2.24. The fourth-order valence-electron chi connectivity index (χ4n) is 2.68. The van der Waals surface area contributed by atoms with Crippen molar-refractivity contribution in [2.45, 2.75) is 30.6 Å². The molecule has 1 amide bonds. The molecule has 152 valence electrons. The molecule has 0 atom stereocenters. The van der Waals surface area contributed by atoms with E-state index in [2.05, 4.69) is 5.32 Å². The minimum Gasteiger partial charge on any atom is -0.322 e. The van der Waals surface area contributed by atoms with Crippen molar-refractivity contribution < 1.29 is 21.6 Å². The molecule has 28 heavy (non-hydrogen) atoms. The molecule has 0 spiro atoms. The summed E-state index contributed by atoms with van der Waals surface area (Å²) >= 11 is 0. The number of hydrogen-bond acceptors (Lipinski definition) is 5. The number of hydrogen-bond donors (Lipinski definition) is 2. The van der Waals surface area contributed by atoms with Crippen molar-refractivity contribution in [3.05, 3.63) is 53.6 Å². The first-order valence-electron chi connectivity index (χ1n) is 8.55. The van der Waals surface area contributed by atoms with Gasteiger partial charge in [0, 0.05) is 24.3 Å². The van der Waals surface area contributed by atoms with E-state index in [-0.39, 0.29) is 21.0 Å². The summed E-state index contributed by atoms with van der Waals surface area (Å²) in [5, 5.41) is 7.68. The Morgan fingerprint density at radius 1 is 1.04 bits per heavy atom. The standard InChI is InChI=1S/C18H23N3O5S2/c1-4-21(5-2)28(25,26)17-12-15(10-9-13(17)3)20-18(22)14-7-6-8-16(11-14)27(19,23)24/h6-12H,4-5H2,1-3H3,(H,20,22)(H2,19,23,24). The topological polar surface area (TPSA) is 127 Å². The van der Waals surface area contributed by atoms with Crippen molar-refractivity contribution in [3.8, 4) is 0 Å². The maximum Gasteiger partial charge on any atom is 0.255 e. The summed E-state index contributed by atoms with van der Waals surface area (Å²) in [4.78, 5) is 12.4. The van der Waals surface area contributed by atoms with E-state index in [0.717, 1.165) is 6.07 Å². The molecular formula is C18H23N3O5S2. The summed E-state index contributed by atoms with van der Waals surface area (Å²) in [7, 11) is -7.64. The highest BCUT2D eigenvalue weighted by Crippen LogP contribution is 2.24. The van der Waals surface area contributed by atoms with E-state index in [1.54, 1.807) is 32.9 Å². The third kappa shape index (κ3) is 4.76. The van der Waals surface area contributed by atoms with Crippen LogP contribution in [0.2, 0.25) is 0 Å². The molecule has 2 aromatic rings.